The number of methoxy groups -OCH3 is 1. The molecule has 8 heteroatoms. The second-order valence-corrected chi connectivity index (χ2v) is 6.84. The molecule has 0 aliphatic carbocycles. The molecule has 0 saturated carbocycles. The predicted molar refractivity (Wildman–Crippen MR) is 120 cm³/mol. The Labute approximate surface area is 187 Å². The fourth-order valence-electron chi connectivity index (χ4n) is 3.48. The van der Waals surface area contributed by atoms with Crippen LogP contribution in [-0.4, -0.2) is 38.9 Å². The maximum atomic E-state index is 13.0. The lowest BCUT2D eigenvalue weighted by atomic mass is 9.92. The summed E-state index contributed by atoms with van der Waals surface area (Å²) in [6.07, 6.45) is 0. The molecule has 170 valence electrons. The van der Waals surface area contributed by atoms with Gasteiger partial charge in [-0.25, -0.2) is 9.59 Å². The first kappa shape index (κ1) is 23.0. The van der Waals surface area contributed by atoms with Crippen LogP contribution in [0.1, 0.15) is 37.9 Å². The minimum Gasteiger partial charge on any atom is -0.497 e. The van der Waals surface area contributed by atoms with Gasteiger partial charge in [-0.1, -0.05) is 6.07 Å². The number of esters is 1. The molecular weight excluding hydrogens is 412 g/mol. The number of rotatable bonds is 9. The topological polar surface area (TPSA) is 95.1 Å². The van der Waals surface area contributed by atoms with Crippen molar-refractivity contribution >= 4 is 17.7 Å². The standard InChI is InChI=1S/C24H28N2O6/c1-5-30-18-13-10-16(14-19(18)31-6-2)22-20(23(27)32-7-3)21(25-24(28)26-22)15-8-11-17(29-4)12-9-15/h8-14,22H,5-7H2,1-4H3,(H2,25,26,28). The monoisotopic (exact) mass is 440 g/mol. The molecule has 1 atom stereocenters. The van der Waals surface area contributed by atoms with Crippen LogP contribution in [0, 0.1) is 0 Å². The maximum Gasteiger partial charge on any atom is 0.338 e. The van der Waals surface area contributed by atoms with Gasteiger partial charge in [0.15, 0.2) is 11.5 Å². The fraction of sp³-hybridized carbons (Fsp3) is 0.333. The van der Waals surface area contributed by atoms with Crippen molar-refractivity contribution in [3.8, 4) is 17.2 Å². The number of benzene rings is 2. The lowest BCUT2D eigenvalue weighted by molar-refractivity contribution is -0.138. The van der Waals surface area contributed by atoms with Crippen LogP contribution in [0.5, 0.6) is 17.2 Å². The highest BCUT2D eigenvalue weighted by atomic mass is 16.5. The summed E-state index contributed by atoms with van der Waals surface area (Å²) in [6, 6.07) is 11.3. The lowest BCUT2D eigenvalue weighted by Gasteiger charge is -2.30. The Hall–Kier alpha value is -3.68. The van der Waals surface area contributed by atoms with Crippen LogP contribution in [0.25, 0.3) is 5.70 Å². The van der Waals surface area contributed by atoms with Gasteiger partial charge in [0, 0.05) is 0 Å². The SMILES string of the molecule is CCOC(=O)C1=C(c2ccc(OC)cc2)NC(=O)NC1c1ccc(OCC)c(OCC)c1. The Morgan fingerprint density at radius 3 is 2.25 bits per heavy atom. The van der Waals surface area contributed by atoms with E-state index < -0.39 is 18.0 Å². The smallest absolute Gasteiger partial charge is 0.338 e. The number of nitrogens with one attached hydrogen (secondary N) is 2. The Morgan fingerprint density at radius 2 is 1.62 bits per heavy atom. The summed E-state index contributed by atoms with van der Waals surface area (Å²) in [5.74, 6) is 1.27. The minimum absolute atomic E-state index is 0.201. The summed E-state index contributed by atoms with van der Waals surface area (Å²) in [7, 11) is 1.57. The number of hydrogen-bond donors (Lipinski definition) is 2. The minimum atomic E-state index is -0.741. The summed E-state index contributed by atoms with van der Waals surface area (Å²) >= 11 is 0. The van der Waals surface area contributed by atoms with E-state index in [1.807, 2.05) is 13.8 Å². The summed E-state index contributed by atoms with van der Waals surface area (Å²) in [5, 5.41) is 5.60. The second kappa shape index (κ2) is 10.6. The zero-order valence-electron chi connectivity index (χ0n) is 18.7. The van der Waals surface area contributed by atoms with Gasteiger partial charge in [-0.2, -0.15) is 0 Å². The highest BCUT2D eigenvalue weighted by Gasteiger charge is 2.34. The molecule has 0 fully saturated rings. The largest absolute Gasteiger partial charge is 0.497 e. The number of ether oxygens (including phenoxy) is 4. The van der Waals surface area contributed by atoms with E-state index in [9.17, 15) is 9.59 Å². The van der Waals surface area contributed by atoms with Crippen LogP contribution in [-0.2, 0) is 9.53 Å². The third-order valence-electron chi connectivity index (χ3n) is 4.85. The van der Waals surface area contributed by atoms with E-state index in [1.165, 1.54) is 0 Å². The number of carbonyl (C=O) groups excluding carboxylic acids is 2. The third kappa shape index (κ3) is 4.96. The van der Waals surface area contributed by atoms with E-state index in [-0.39, 0.29) is 6.61 Å². The quantitative estimate of drug-likeness (QED) is 0.576. The van der Waals surface area contributed by atoms with Crippen molar-refractivity contribution in [1.82, 2.24) is 10.6 Å². The number of amides is 2. The van der Waals surface area contributed by atoms with Gasteiger partial charge in [-0.05, 0) is 68.3 Å². The van der Waals surface area contributed by atoms with Gasteiger partial charge in [-0.15, -0.1) is 0 Å². The van der Waals surface area contributed by atoms with Crippen LogP contribution in [0.15, 0.2) is 48.0 Å². The molecule has 8 nitrogen and oxygen atoms in total. The highest BCUT2D eigenvalue weighted by Crippen LogP contribution is 2.37. The molecule has 32 heavy (non-hydrogen) atoms. The van der Waals surface area contributed by atoms with E-state index >= 15 is 0 Å². The molecule has 2 amide bonds. The summed E-state index contributed by atoms with van der Waals surface area (Å²) in [6.45, 7) is 6.63. The maximum absolute atomic E-state index is 13.0. The average molecular weight is 440 g/mol. The van der Waals surface area contributed by atoms with Crippen molar-refractivity contribution in [1.29, 1.82) is 0 Å². The van der Waals surface area contributed by atoms with Crippen molar-refractivity contribution < 1.29 is 28.5 Å². The molecule has 2 aromatic rings. The summed E-state index contributed by atoms with van der Waals surface area (Å²) < 4.78 is 21.9. The first-order chi connectivity index (χ1) is 15.5. The highest BCUT2D eigenvalue weighted by molar-refractivity contribution is 6.04. The first-order valence-corrected chi connectivity index (χ1v) is 10.5. The number of urea groups is 1. The molecule has 2 aromatic carbocycles. The zero-order valence-corrected chi connectivity index (χ0v) is 18.7. The summed E-state index contributed by atoms with van der Waals surface area (Å²) in [4.78, 5) is 25.6. The van der Waals surface area contributed by atoms with E-state index in [2.05, 4.69) is 10.6 Å². The normalized spacial score (nSPS) is 15.5. The molecule has 2 N–H and O–H groups in total. The molecule has 0 saturated heterocycles. The second-order valence-electron chi connectivity index (χ2n) is 6.84. The number of carbonyl (C=O) groups is 2. The molecule has 1 aliphatic rings. The molecule has 1 heterocycles. The molecule has 0 radical (unpaired) electrons. The van der Waals surface area contributed by atoms with Gasteiger partial charge >= 0.3 is 12.0 Å². The Kier molecular flexibility index (Phi) is 7.59. The average Bonchev–Trinajstić information content (AvgIpc) is 2.80. The van der Waals surface area contributed by atoms with Gasteiger partial charge in [0.2, 0.25) is 0 Å². The van der Waals surface area contributed by atoms with E-state index in [0.717, 1.165) is 0 Å². The van der Waals surface area contributed by atoms with Crippen molar-refractivity contribution in [2.24, 2.45) is 0 Å². The molecule has 0 bridgehead atoms. The van der Waals surface area contributed by atoms with Crippen LogP contribution < -0.4 is 24.8 Å². The van der Waals surface area contributed by atoms with Crippen LogP contribution in [0.4, 0.5) is 4.79 Å². The van der Waals surface area contributed by atoms with E-state index in [0.29, 0.717) is 52.9 Å². The van der Waals surface area contributed by atoms with Gasteiger partial charge in [0.1, 0.15) is 5.75 Å². The molecule has 3 rings (SSSR count). The predicted octanol–water partition coefficient (Wildman–Crippen LogP) is 3.82. The first-order valence-electron chi connectivity index (χ1n) is 10.5. The molecule has 0 aromatic heterocycles. The van der Waals surface area contributed by atoms with E-state index in [1.54, 1.807) is 56.5 Å². The number of hydrogen-bond acceptors (Lipinski definition) is 6. The van der Waals surface area contributed by atoms with Crippen molar-refractivity contribution in [2.45, 2.75) is 26.8 Å². The zero-order chi connectivity index (χ0) is 23.1. The Bertz CT molecular complexity index is 1000. The Morgan fingerprint density at radius 1 is 0.938 bits per heavy atom. The van der Waals surface area contributed by atoms with Gasteiger partial charge in [-0.3, -0.25) is 0 Å². The van der Waals surface area contributed by atoms with Crippen LogP contribution >= 0.6 is 0 Å². The third-order valence-corrected chi connectivity index (χ3v) is 4.85. The summed E-state index contributed by atoms with van der Waals surface area (Å²) in [5.41, 5.74) is 2.00. The molecular formula is C24H28N2O6. The van der Waals surface area contributed by atoms with Crippen LogP contribution in [0.2, 0.25) is 0 Å². The fourth-order valence-corrected chi connectivity index (χ4v) is 3.48. The van der Waals surface area contributed by atoms with Crippen molar-refractivity contribution in [2.75, 3.05) is 26.9 Å². The lowest BCUT2D eigenvalue weighted by Crippen LogP contribution is -2.45. The molecule has 0 spiro atoms. The van der Waals surface area contributed by atoms with Crippen LogP contribution in [0.3, 0.4) is 0 Å². The molecule has 1 unspecified atom stereocenters. The molecule has 1 aliphatic heterocycles. The van der Waals surface area contributed by atoms with Gasteiger partial charge < -0.3 is 29.6 Å². The van der Waals surface area contributed by atoms with Crippen molar-refractivity contribution in [3.63, 3.8) is 0 Å². The van der Waals surface area contributed by atoms with E-state index in [4.69, 9.17) is 18.9 Å². The van der Waals surface area contributed by atoms with Crippen molar-refractivity contribution in [3.05, 3.63) is 59.2 Å². The van der Waals surface area contributed by atoms with Gasteiger partial charge in [0.05, 0.1) is 44.2 Å². The van der Waals surface area contributed by atoms with Gasteiger partial charge in [0.25, 0.3) is 0 Å². The Balaban J connectivity index is 2.14.